The summed E-state index contributed by atoms with van der Waals surface area (Å²) >= 11 is 2.82. The fourth-order valence-corrected chi connectivity index (χ4v) is 5.14. The zero-order valence-electron chi connectivity index (χ0n) is 12.1. The number of thiophene rings is 2. The Bertz CT molecular complexity index is 648. The van der Waals surface area contributed by atoms with Crippen LogP contribution in [0.2, 0.25) is 0 Å². The van der Waals surface area contributed by atoms with Gasteiger partial charge in [-0.15, -0.1) is 22.7 Å². The normalized spacial score (nSPS) is 13.4. The third-order valence-electron chi connectivity index (χ3n) is 2.95. The molecule has 4 nitrogen and oxygen atoms in total. The highest BCUT2D eigenvalue weighted by atomic mass is 32.2. The van der Waals surface area contributed by atoms with Gasteiger partial charge >= 0.3 is 0 Å². The van der Waals surface area contributed by atoms with Crippen molar-refractivity contribution in [3.63, 3.8) is 0 Å². The van der Waals surface area contributed by atoms with E-state index in [0.717, 1.165) is 23.4 Å². The molecule has 0 fully saturated rings. The molecule has 116 valence electrons. The quantitative estimate of drug-likeness (QED) is 0.722. The zero-order valence-corrected chi connectivity index (χ0v) is 14.6. The fraction of sp³-hybridized carbons (Fsp3) is 0.429. The Morgan fingerprint density at radius 3 is 2.81 bits per heavy atom. The first kappa shape index (κ1) is 16.6. The standard InChI is InChI=1S/C14H20N2O2S3/c1-3-6-15-9-12-8-14(20-10-12)21(17,18)16-11(2)13-5-4-7-19-13/h4-5,7-8,10-11,15-16H,3,6,9H2,1-2H3. The van der Waals surface area contributed by atoms with E-state index in [1.165, 1.54) is 11.3 Å². The molecular formula is C14H20N2O2S3. The molecule has 2 heterocycles. The van der Waals surface area contributed by atoms with Crippen LogP contribution in [0.25, 0.3) is 0 Å². The van der Waals surface area contributed by atoms with Crippen molar-refractivity contribution in [2.75, 3.05) is 6.54 Å². The summed E-state index contributed by atoms with van der Waals surface area (Å²) in [6.07, 6.45) is 1.06. The minimum Gasteiger partial charge on any atom is -0.313 e. The Labute approximate surface area is 134 Å². The molecule has 0 saturated heterocycles. The van der Waals surface area contributed by atoms with Crippen LogP contribution in [0.1, 0.15) is 36.8 Å². The molecule has 2 rings (SSSR count). The Balaban J connectivity index is 2.02. The van der Waals surface area contributed by atoms with Crippen LogP contribution >= 0.6 is 22.7 Å². The number of hydrogen-bond donors (Lipinski definition) is 2. The lowest BCUT2D eigenvalue weighted by Gasteiger charge is -2.11. The number of hydrogen-bond acceptors (Lipinski definition) is 5. The molecule has 2 aromatic heterocycles. The average molecular weight is 345 g/mol. The van der Waals surface area contributed by atoms with Crippen molar-refractivity contribution in [3.8, 4) is 0 Å². The van der Waals surface area contributed by atoms with Crippen molar-refractivity contribution < 1.29 is 8.42 Å². The van der Waals surface area contributed by atoms with E-state index in [-0.39, 0.29) is 6.04 Å². The third kappa shape index (κ3) is 4.62. The molecule has 0 aliphatic heterocycles. The van der Waals surface area contributed by atoms with Gasteiger partial charge in [-0.05, 0) is 48.3 Å². The molecule has 2 aromatic rings. The highest BCUT2D eigenvalue weighted by Gasteiger charge is 2.20. The van der Waals surface area contributed by atoms with Gasteiger partial charge in [-0.3, -0.25) is 0 Å². The molecule has 21 heavy (non-hydrogen) atoms. The van der Waals surface area contributed by atoms with Crippen molar-refractivity contribution in [3.05, 3.63) is 39.4 Å². The van der Waals surface area contributed by atoms with E-state index in [4.69, 9.17) is 0 Å². The molecule has 0 aliphatic rings. The van der Waals surface area contributed by atoms with Gasteiger partial charge in [-0.1, -0.05) is 13.0 Å². The van der Waals surface area contributed by atoms with Crippen molar-refractivity contribution in [2.24, 2.45) is 0 Å². The first-order chi connectivity index (χ1) is 10.0. The van der Waals surface area contributed by atoms with E-state index < -0.39 is 10.0 Å². The minimum absolute atomic E-state index is 0.209. The van der Waals surface area contributed by atoms with E-state index >= 15 is 0 Å². The second-order valence-electron chi connectivity index (χ2n) is 4.81. The number of nitrogens with one attached hydrogen (secondary N) is 2. The van der Waals surface area contributed by atoms with E-state index in [0.29, 0.717) is 10.8 Å². The molecule has 1 atom stereocenters. The van der Waals surface area contributed by atoms with Gasteiger partial charge in [0.15, 0.2) is 0 Å². The molecule has 0 spiro atoms. The molecular weight excluding hydrogens is 324 g/mol. The topological polar surface area (TPSA) is 58.2 Å². The highest BCUT2D eigenvalue weighted by molar-refractivity contribution is 7.91. The van der Waals surface area contributed by atoms with Gasteiger partial charge in [0.25, 0.3) is 10.0 Å². The second kappa shape index (κ2) is 7.51. The van der Waals surface area contributed by atoms with Gasteiger partial charge in [0.1, 0.15) is 4.21 Å². The van der Waals surface area contributed by atoms with Gasteiger partial charge in [-0.2, -0.15) is 0 Å². The lowest BCUT2D eigenvalue weighted by atomic mass is 10.3. The van der Waals surface area contributed by atoms with Crippen molar-refractivity contribution in [1.29, 1.82) is 0 Å². The molecule has 0 aliphatic carbocycles. The van der Waals surface area contributed by atoms with Crippen molar-refractivity contribution in [1.82, 2.24) is 10.0 Å². The fourth-order valence-electron chi connectivity index (χ4n) is 1.88. The summed E-state index contributed by atoms with van der Waals surface area (Å²) in [4.78, 5) is 1.01. The molecule has 1 unspecified atom stereocenters. The maximum Gasteiger partial charge on any atom is 0.250 e. The van der Waals surface area contributed by atoms with E-state index in [2.05, 4.69) is 17.0 Å². The van der Waals surface area contributed by atoms with Crippen LogP contribution in [0, 0.1) is 0 Å². The smallest absolute Gasteiger partial charge is 0.250 e. The zero-order chi connectivity index (χ0) is 15.3. The van der Waals surface area contributed by atoms with Gasteiger partial charge in [-0.25, -0.2) is 13.1 Å². The van der Waals surface area contributed by atoms with Crippen molar-refractivity contribution in [2.45, 2.75) is 37.1 Å². The van der Waals surface area contributed by atoms with E-state index in [9.17, 15) is 8.42 Å². The summed E-state index contributed by atoms with van der Waals surface area (Å²) in [5, 5.41) is 7.12. The maximum absolute atomic E-state index is 12.4. The Kier molecular flexibility index (Phi) is 5.95. The van der Waals surface area contributed by atoms with Crippen LogP contribution < -0.4 is 10.0 Å². The molecule has 0 radical (unpaired) electrons. The van der Waals surface area contributed by atoms with E-state index in [1.54, 1.807) is 17.4 Å². The molecule has 0 aromatic carbocycles. The Morgan fingerprint density at radius 2 is 2.14 bits per heavy atom. The summed E-state index contributed by atoms with van der Waals surface area (Å²) in [6.45, 7) is 5.61. The van der Waals surface area contributed by atoms with Gasteiger partial charge in [0, 0.05) is 11.4 Å². The van der Waals surface area contributed by atoms with E-state index in [1.807, 2.05) is 29.8 Å². The average Bonchev–Trinajstić information content (AvgIpc) is 3.10. The molecule has 2 N–H and O–H groups in total. The van der Waals surface area contributed by atoms with Crippen LogP contribution in [0.4, 0.5) is 0 Å². The van der Waals surface area contributed by atoms with Gasteiger partial charge in [0.2, 0.25) is 0 Å². The Hall–Kier alpha value is -0.730. The summed E-state index contributed by atoms with van der Waals surface area (Å²) < 4.78 is 27.8. The van der Waals surface area contributed by atoms with Crippen LogP contribution in [0.3, 0.4) is 0 Å². The first-order valence-corrected chi connectivity index (χ1v) is 10.1. The van der Waals surface area contributed by atoms with Crippen LogP contribution in [0.5, 0.6) is 0 Å². The first-order valence-electron chi connectivity index (χ1n) is 6.87. The monoisotopic (exact) mass is 344 g/mol. The summed E-state index contributed by atoms with van der Waals surface area (Å²) in [6, 6.07) is 5.40. The largest absolute Gasteiger partial charge is 0.313 e. The van der Waals surface area contributed by atoms with Gasteiger partial charge < -0.3 is 5.32 Å². The lowest BCUT2D eigenvalue weighted by Crippen LogP contribution is -2.25. The van der Waals surface area contributed by atoms with Crippen LogP contribution in [-0.4, -0.2) is 15.0 Å². The third-order valence-corrected chi connectivity index (χ3v) is 7.04. The molecule has 0 saturated carbocycles. The Morgan fingerprint density at radius 1 is 1.33 bits per heavy atom. The SMILES string of the molecule is CCCNCc1csc(S(=O)(=O)NC(C)c2cccs2)c1. The minimum atomic E-state index is -3.45. The summed E-state index contributed by atoms with van der Waals surface area (Å²) in [5.74, 6) is 0. The molecule has 7 heteroatoms. The summed E-state index contributed by atoms with van der Waals surface area (Å²) in [5.41, 5.74) is 1.01. The number of rotatable bonds is 8. The summed E-state index contributed by atoms with van der Waals surface area (Å²) in [7, 11) is -3.45. The predicted octanol–water partition coefficient (Wildman–Crippen LogP) is 3.35. The molecule has 0 amide bonds. The van der Waals surface area contributed by atoms with Crippen LogP contribution in [-0.2, 0) is 16.6 Å². The predicted molar refractivity (Wildman–Crippen MR) is 89.4 cm³/mol. The maximum atomic E-state index is 12.4. The highest BCUT2D eigenvalue weighted by Crippen LogP contribution is 2.24. The molecule has 0 bridgehead atoms. The second-order valence-corrected chi connectivity index (χ2v) is 8.64. The number of sulfonamides is 1. The van der Waals surface area contributed by atoms with Crippen LogP contribution in [0.15, 0.2) is 33.2 Å². The van der Waals surface area contributed by atoms with Crippen molar-refractivity contribution >= 4 is 32.7 Å². The van der Waals surface area contributed by atoms with Gasteiger partial charge in [0.05, 0.1) is 6.04 Å². The lowest BCUT2D eigenvalue weighted by molar-refractivity contribution is 0.570.